The second-order valence-corrected chi connectivity index (χ2v) is 4.03. The second kappa shape index (κ2) is 5.39. The van der Waals surface area contributed by atoms with Crippen LogP contribution in [0.15, 0.2) is 24.3 Å². The van der Waals surface area contributed by atoms with E-state index in [1.807, 2.05) is 0 Å². The first-order valence-electron chi connectivity index (χ1n) is 5.65. The number of carbonyl (C=O) groups excluding carboxylic acids is 2. The molecule has 0 aliphatic carbocycles. The van der Waals surface area contributed by atoms with Crippen LogP contribution in [0.1, 0.15) is 6.42 Å². The summed E-state index contributed by atoms with van der Waals surface area (Å²) >= 11 is 0. The normalized spacial score (nSPS) is 18.1. The number of nitrogens with one attached hydrogen (secondary N) is 3. The van der Waals surface area contributed by atoms with Crippen LogP contribution < -0.4 is 20.7 Å². The van der Waals surface area contributed by atoms with Gasteiger partial charge in [-0.2, -0.15) is 0 Å². The van der Waals surface area contributed by atoms with E-state index in [9.17, 15) is 9.59 Å². The first kappa shape index (κ1) is 12.2. The van der Waals surface area contributed by atoms with E-state index < -0.39 is 0 Å². The first-order valence-corrected chi connectivity index (χ1v) is 5.65. The van der Waals surface area contributed by atoms with Crippen LogP contribution >= 0.6 is 0 Å². The highest BCUT2D eigenvalue weighted by atomic mass is 16.5. The average Bonchev–Trinajstić information content (AvgIpc) is 2.75. The van der Waals surface area contributed by atoms with Gasteiger partial charge in [0.15, 0.2) is 0 Å². The molecule has 1 atom stereocenters. The SMILES string of the molecule is COc1ccc(NC(=O)NC2CNC(=O)C2)cc1. The summed E-state index contributed by atoms with van der Waals surface area (Å²) in [5, 5.41) is 8.07. The fourth-order valence-electron chi connectivity index (χ4n) is 1.73. The number of anilines is 1. The third kappa shape index (κ3) is 3.13. The van der Waals surface area contributed by atoms with Crippen LogP contribution in [0.3, 0.4) is 0 Å². The highest BCUT2D eigenvalue weighted by molar-refractivity contribution is 5.90. The molecule has 1 aromatic rings. The van der Waals surface area contributed by atoms with Crippen molar-refractivity contribution in [3.63, 3.8) is 0 Å². The average molecular weight is 249 g/mol. The predicted octanol–water partition coefficient (Wildman–Crippen LogP) is 0.705. The second-order valence-electron chi connectivity index (χ2n) is 4.03. The molecule has 6 nitrogen and oxygen atoms in total. The number of hydrogen-bond acceptors (Lipinski definition) is 3. The van der Waals surface area contributed by atoms with E-state index in [4.69, 9.17) is 4.74 Å². The van der Waals surface area contributed by atoms with Gasteiger partial charge in [0.05, 0.1) is 13.2 Å². The molecule has 1 aromatic carbocycles. The molecule has 1 unspecified atom stereocenters. The van der Waals surface area contributed by atoms with Gasteiger partial charge in [0.2, 0.25) is 5.91 Å². The Morgan fingerprint density at radius 3 is 2.67 bits per heavy atom. The number of benzene rings is 1. The van der Waals surface area contributed by atoms with Crippen LogP contribution in [-0.2, 0) is 4.79 Å². The van der Waals surface area contributed by atoms with E-state index in [0.29, 0.717) is 18.7 Å². The Balaban J connectivity index is 1.84. The van der Waals surface area contributed by atoms with Gasteiger partial charge in [-0.05, 0) is 24.3 Å². The van der Waals surface area contributed by atoms with Crippen molar-refractivity contribution in [2.45, 2.75) is 12.5 Å². The summed E-state index contributed by atoms with van der Waals surface area (Å²) in [6.07, 6.45) is 0.329. The monoisotopic (exact) mass is 249 g/mol. The maximum Gasteiger partial charge on any atom is 0.319 e. The summed E-state index contributed by atoms with van der Waals surface area (Å²) in [4.78, 5) is 22.6. The van der Waals surface area contributed by atoms with Crippen LogP contribution in [-0.4, -0.2) is 31.6 Å². The number of rotatable bonds is 3. The molecule has 2 rings (SSSR count). The van der Waals surface area contributed by atoms with Crippen molar-refractivity contribution < 1.29 is 14.3 Å². The molecule has 3 amide bonds. The number of amides is 3. The molecule has 18 heavy (non-hydrogen) atoms. The van der Waals surface area contributed by atoms with Gasteiger partial charge in [-0.1, -0.05) is 0 Å². The van der Waals surface area contributed by atoms with Gasteiger partial charge in [0.25, 0.3) is 0 Å². The molecular weight excluding hydrogens is 234 g/mol. The molecule has 0 bridgehead atoms. The van der Waals surface area contributed by atoms with Gasteiger partial charge >= 0.3 is 6.03 Å². The number of hydrogen-bond donors (Lipinski definition) is 3. The van der Waals surface area contributed by atoms with E-state index in [2.05, 4.69) is 16.0 Å². The summed E-state index contributed by atoms with van der Waals surface area (Å²) in [5.74, 6) is 0.691. The molecule has 0 radical (unpaired) electrons. The van der Waals surface area contributed by atoms with Crippen molar-refractivity contribution in [1.82, 2.24) is 10.6 Å². The molecule has 0 saturated carbocycles. The van der Waals surface area contributed by atoms with Crippen molar-refractivity contribution >= 4 is 17.6 Å². The molecule has 0 spiro atoms. The third-order valence-corrected chi connectivity index (χ3v) is 2.66. The van der Waals surface area contributed by atoms with E-state index >= 15 is 0 Å². The largest absolute Gasteiger partial charge is 0.497 e. The Hall–Kier alpha value is -2.24. The molecule has 1 saturated heterocycles. The van der Waals surface area contributed by atoms with Gasteiger partial charge in [0.1, 0.15) is 5.75 Å². The van der Waals surface area contributed by atoms with Crippen molar-refractivity contribution in [3.05, 3.63) is 24.3 Å². The Bertz CT molecular complexity index is 444. The maximum absolute atomic E-state index is 11.6. The van der Waals surface area contributed by atoms with Crippen LogP contribution in [0.2, 0.25) is 0 Å². The van der Waals surface area contributed by atoms with Crippen molar-refractivity contribution in [3.8, 4) is 5.75 Å². The Morgan fingerprint density at radius 1 is 1.39 bits per heavy atom. The highest BCUT2D eigenvalue weighted by Crippen LogP contribution is 2.14. The van der Waals surface area contributed by atoms with E-state index in [1.165, 1.54) is 0 Å². The Labute approximate surface area is 105 Å². The number of methoxy groups -OCH3 is 1. The quantitative estimate of drug-likeness (QED) is 0.738. The zero-order valence-corrected chi connectivity index (χ0v) is 10.0. The summed E-state index contributed by atoms with van der Waals surface area (Å²) < 4.78 is 5.02. The molecule has 1 aliphatic rings. The van der Waals surface area contributed by atoms with E-state index in [-0.39, 0.29) is 18.0 Å². The van der Waals surface area contributed by atoms with Gasteiger partial charge in [-0.25, -0.2) is 4.79 Å². The lowest BCUT2D eigenvalue weighted by atomic mass is 10.2. The Morgan fingerprint density at radius 2 is 2.11 bits per heavy atom. The molecule has 1 fully saturated rings. The van der Waals surface area contributed by atoms with Crippen LogP contribution in [0.4, 0.5) is 10.5 Å². The summed E-state index contributed by atoms with van der Waals surface area (Å²) in [6, 6.07) is 6.55. The van der Waals surface area contributed by atoms with Gasteiger partial charge < -0.3 is 20.7 Å². The van der Waals surface area contributed by atoms with Crippen LogP contribution in [0, 0.1) is 0 Å². The van der Waals surface area contributed by atoms with Crippen LogP contribution in [0.25, 0.3) is 0 Å². The minimum Gasteiger partial charge on any atom is -0.497 e. The first-order chi connectivity index (χ1) is 8.67. The topological polar surface area (TPSA) is 79.5 Å². The van der Waals surface area contributed by atoms with Gasteiger partial charge in [-0.15, -0.1) is 0 Å². The fraction of sp³-hybridized carbons (Fsp3) is 0.333. The summed E-state index contributed by atoms with van der Waals surface area (Å²) in [5.41, 5.74) is 0.672. The highest BCUT2D eigenvalue weighted by Gasteiger charge is 2.22. The molecule has 3 N–H and O–H groups in total. The molecule has 96 valence electrons. The summed E-state index contributed by atoms with van der Waals surface area (Å²) in [6.45, 7) is 0.481. The maximum atomic E-state index is 11.6. The minimum atomic E-state index is -0.318. The zero-order valence-electron chi connectivity index (χ0n) is 10.0. The lowest BCUT2D eigenvalue weighted by Gasteiger charge is -2.11. The molecular formula is C12H15N3O3. The smallest absolute Gasteiger partial charge is 0.319 e. The summed E-state index contributed by atoms with van der Waals surface area (Å²) in [7, 11) is 1.58. The van der Waals surface area contributed by atoms with Crippen LogP contribution in [0.5, 0.6) is 5.75 Å². The van der Waals surface area contributed by atoms with Crippen molar-refractivity contribution in [2.24, 2.45) is 0 Å². The molecule has 1 heterocycles. The molecule has 1 aliphatic heterocycles. The zero-order chi connectivity index (χ0) is 13.0. The minimum absolute atomic E-state index is 0.0373. The number of urea groups is 1. The Kier molecular flexibility index (Phi) is 3.66. The standard InChI is InChI=1S/C12H15N3O3/c1-18-10-4-2-8(3-5-10)14-12(17)15-9-6-11(16)13-7-9/h2-5,9H,6-7H2,1H3,(H,13,16)(H2,14,15,17). The van der Waals surface area contributed by atoms with Crippen molar-refractivity contribution in [2.75, 3.05) is 19.0 Å². The number of ether oxygens (including phenoxy) is 1. The van der Waals surface area contributed by atoms with E-state index in [1.54, 1.807) is 31.4 Å². The lowest BCUT2D eigenvalue weighted by molar-refractivity contribution is -0.119. The van der Waals surface area contributed by atoms with Gasteiger partial charge in [0, 0.05) is 18.7 Å². The van der Waals surface area contributed by atoms with E-state index in [0.717, 1.165) is 5.75 Å². The fourth-order valence-corrected chi connectivity index (χ4v) is 1.73. The third-order valence-electron chi connectivity index (χ3n) is 2.66. The van der Waals surface area contributed by atoms with Crippen molar-refractivity contribution in [1.29, 1.82) is 0 Å². The number of carbonyl (C=O) groups is 2. The van der Waals surface area contributed by atoms with Gasteiger partial charge in [-0.3, -0.25) is 4.79 Å². The molecule has 0 aromatic heterocycles. The predicted molar refractivity (Wildman–Crippen MR) is 66.6 cm³/mol. The molecule has 6 heteroatoms. The lowest BCUT2D eigenvalue weighted by Crippen LogP contribution is -2.39.